The Kier molecular flexibility index (Phi) is 2.30. The molecule has 0 spiro atoms. The van der Waals surface area contributed by atoms with Crippen LogP contribution in [0.5, 0.6) is 0 Å². The number of allylic oxidation sites excluding steroid dienone is 1. The second kappa shape index (κ2) is 3.66. The molecule has 0 aromatic carbocycles. The van der Waals surface area contributed by atoms with Gasteiger partial charge in [-0.25, -0.2) is 4.58 Å². The second-order valence-corrected chi connectivity index (χ2v) is 4.95. The lowest BCUT2D eigenvalue weighted by molar-refractivity contribution is -0.578. The van der Waals surface area contributed by atoms with Gasteiger partial charge in [-0.3, -0.25) is 0 Å². The molecule has 2 fully saturated rings. The minimum absolute atomic E-state index is 0.755. The number of ether oxygens (including phenoxy) is 1. The molecular formula is C13H20NO+. The number of rotatable bonds is 1. The molecule has 3 aliphatic rings. The van der Waals surface area contributed by atoms with Crippen LogP contribution in [-0.2, 0) is 4.74 Å². The van der Waals surface area contributed by atoms with Crippen molar-refractivity contribution >= 4 is 5.71 Å². The first-order valence-electron chi connectivity index (χ1n) is 6.29. The van der Waals surface area contributed by atoms with Gasteiger partial charge in [-0.05, 0) is 19.3 Å². The molecule has 1 saturated carbocycles. The van der Waals surface area contributed by atoms with Gasteiger partial charge in [-0.1, -0.05) is 0 Å². The zero-order valence-corrected chi connectivity index (χ0v) is 9.59. The van der Waals surface area contributed by atoms with Crippen molar-refractivity contribution in [2.45, 2.75) is 51.0 Å². The Balaban J connectivity index is 2.03. The molecule has 0 aromatic rings. The maximum Gasteiger partial charge on any atom is 0.182 e. The van der Waals surface area contributed by atoms with Gasteiger partial charge in [0.1, 0.15) is 12.3 Å². The minimum atomic E-state index is 0.755. The Hall–Kier alpha value is -0.790. The molecule has 0 aromatic heterocycles. The monoisotopic (exact) mass is 206 g/mol. The van der Waals surface area contributed by atoms with Gasteiger partial charge >= 0.3 is 0 Å². The summed E-state index contributed by atoms with van der Waals surface area (Å²) in [7, 11) is 1.84. The van der Waals surface area contributed by atoms with E-state index < -0.39 is 0 Å². The van der Waals surface area contributed by atoms with Crippen molar-refractivity contribution in [2.24, 2.45) is 0 Å². The molecule has 2 nitrogen and oxygen atoms in total. The molecule has 0 bridgehead atoms. The largest absolute Gasteiger partial charge is 0.500 e. The van der Waals surface area contributed by atoms with Crippen molar-refractivity contribution in [2.75, 3.05) is 13.7 Å². The summed E-state index contributed by atoms with van der Waals surface area (Å²) in [6.07, 6.45) is 9.19. The van der Waals surface area contributed by atoms with Crippen molar-refractivity contribution in [3.63, 3.8) is 0 Å². The van der Waals surface area contributed by atoms with E-state index in [1.807, 2.05) is 7.11 Å². The standard InChI is InChI=1S/C13H20NO/c1-15-13-9-10-5-2-3-8-14(10)12-7-4-6-11(12)13/h10H,2-9H2,1H3/q+1. The Bertz CT molecular complexity index is 340. The third kappa shape index (κ3) is 1.42. The van der Waals surface area contributed by atoms with Crippen molar-refractivity contribution in [1.29, 1.82) is 0 Å². The Morgan fingerprint density at radius 3 is 3.00 bits per heavy atom. The average Bonchev–Trinajstić information content (AvgIpc) is 2.77. The second-order valence-electron chi connectivity index (χ2n) is 4.95. The van der Waals surface area contributed by atoms with Crippen LogP contribution in [-0.4, -0.2) is 30.0 Å². The van der Waals surface area contributed by atoms with Gasteiger partial charge in [0.25, 0.3) is 0 Å². The van der Waals surface area contributed by atoms with E-state index >= 15 is 0 Å². The quantitative estimate of drug-likeness (QED) is 0.600. The summed E-state index contributed by atoms with van der Waals surface area (Å²) < 4.78 is 8.28. The maximum atomic E-state index is 5.59. The zero-order valence-electron chi connectivity index (χ0n) is 9.59. The molecular weight excluding hydrogens is 186 g/mol. The van der Waals surface area contributed by atoms with E-state index in [0.717, 1.165) is 12.5 Å². The van der Waals surface area contributed by atoms with Crippen LogP contribution in [0, 0.1) is 0 Å². The lowest BCUT2D eigenvalue weighted by atomic mass is 9.93. The van der Waals surface area contributed by atoms with Crippen LogP contribution in [0.1, 0.15) is 44.9 Å². The van der Waals surface area contributed by atoms with E-state index in [1.54, 1.807) is 11.3 Å². The Morgan fingerprint density at radius 1 is 1.20 bits per heavy atom. The molecule has 1 saturated heterocycles. The van der Waals surface area contributed by atoms with E-state index in [4.69, 9.17) is 4.74 Å². The first-order chi connectivity index (χ1) is 7.40. The summed E-state index contributed by atoms with van der Waals surface area (Å²) in [4.78, 5) is 0. The molecule has 15 heavy (non-hydrogen) atoms. The van der Waals surface area contributed by atoms with Crippen molar-refractivity contribution in [3.8, 4) is 0 Å². The number of fused-ring (bicyclic) bond motifs is 2. The summed E-state index contributed by atoms with van der Waals surface area (Å²) >= 11 is 0. The highest BCUT2D eigenvalue weighted by Gasteiger charge is 2.39. The van der Waals surface area contributed by atoms with Crippen LogP contribution in [0.25, 0.3) is 0 Å². The summed E-state index contributed by atoms with van der Waals surface area (Å²) in [6, 6.07) is 0.755. The lowest BCUT2D eigenvalue weighted by Crippen LogP contribution is -2.39. The van der Waals surface area contributed by atoms with E-state index in [9.17, 15) is 0 Å². The molecule has 82 valence electrons. The van der Waals surface area contributed by atoms with Crippen molar-refractivity contribution < 1.29 is 9.31 Å². The highest BCUT2D eigenvalue weighted by atomic mass is 16.5. The number of hydrogen-bond acceptors (Lipinski definition) is 1. The molecule has 3 rings (SSSR count). The third-order valence-electron chi connectivity index (χ3n) is 4.17. The molecule has 2 heterocycles. The lowest BCUT2D eigenvalue weighted by Gasteiger charge is -2.27. The van der Waals surface area contributed by atoms with Gasteiger partial charge in [-0.15, -0.1) is 0 Å². The van der Waals surface area contributed by atoms with Crippen molar-refractivity contribution in [3.05, 3.63) is 11.3 Å². The van der Waals surface area contributed by atoms with E-state index in [2.05, 4.69) is 4.58 Å². The molecule has 1 aliphatic carbocycles. The first-order valence-corrected chi connectivity index (χ1v) is 6.29. The molecule has 0 amide bonds. The molecule has 0 radical (unpaired) electrons. The number of hydrogen-bond donors (Lipinski definition) is 0. The Labute approximate surface area is 91.6 Å². The van der Waals surface area contributed by atoms with Crippen LogP contribution in [0.3, 0.4) is 0 Å². The van der Waals surface area contributed by atoms with Gasteiger partial charge < -0.3 is 4.74 Å². The predicted molar refractivity (Wildman–Crippen MR) is 60.3 cm³/mol. The van der Waals surface area contributed by atoms with E-state index in [0.29, 0.717) is 0 Å². The fraction of sp³-hybridized carbons (Fsp3) is 0.769. The fourth-order valence-electron chi connectivity index (χ4n) is 3.46. The zero-order chi connectivity index (χ0) is 10.3. The van der Waals surface area contributed by atoms with E-state index in [-0.39, 0.29) is 0 Å². The van der Waals surface area contributed by atoms with Crippen LogP contribution in [0.2, 0.25) is 0 Å². The van der Waals surface area contributed by atoms with Gasteiger partial charge in [0.2, 0.25) is 0 Å². The van der Waals surface area contributed by atoms with Crippen LogP contribution >= 0.6 is 0 Å². The molecule has 2 aliphatic heterocycles. The third-order valence-corrected chi connectivity index (χ3v) is 4.17. The SMILES string of the molecule is COC1=C2CCCC2=[N+]2CCCCC2C1. The van der Waals surface area contributed by atoms with Crippen LogP contribution in [0.15, 0.2) is 11.3 Å². The average molecular weight is 206 g/mol. The molecule has 0 N–H and O–H groups in total. The van der Waals surface area contributed by atoms with Crippen LogP contribution in [0.4, 0.5) is 0 Å². The Morgan fingerprint density at radius 2 is 2.13 bits per heavy atom. The highest BCUT2D eigenvalue weighted by Crippen LogP contribution is 2.34. The summed E-state index contributed by atoms with van der Waals surface area (Å²) in [6.45, 7) is 1.29. The number of methoxy groups -OCH3 is 1. The minimum Gasteiger partial charge on any atom is -0.500 e. The number of nitrogens with zero attached hydrogens (tertiary/aromatic N) is 1. The van der Waals surface area contributed by atoms with Crippen LogP contribution < -0.4 is 0 Å². The summed E-state index contributed by atoms with van der Waals surface area (Å²) in [5.41, 5.74) is 3.18. The summed E-state index contributed by atoms with van der Waals surface area (Å²) in [5, 5.41) is 0. The highest BCUT2D eigenvalue weighted by molar-refractivity contribution is 5.99. The fourth-order valence-corrected chi connectivity index (χ4v) is 3.46. The number of piperidine rings is 1. The van der Waals surface area contributed by atoms with Gasteiger partial charge in [0, 0.05) is 19.3 Å². The molecule has 1 atom stereocenters. The van der Waals surface area contributed by atoms with E-state index in [1.165, 1.54) is 50.8 Å². The topological polar surface area (TPSA) is 12.2 Å². The first kappa shape index (κ1) is 9.44. The predicted octanol–water partition coefficient (Wildman–Crippen LogP) is 2.48. The van der Waals surface area contributed by atoms with Gasteiger partial charge in [-0.2, -0.15) is 0 Å². The molecule has 1 unspecified atom stereocenters. The summed E-state index contributed by atoms with van der Waals surface area (Å²) in [5.74, 6) is 1.30. The van der Waals surface area contributed by atoms with Crippen molar-refractivity contribution in [1.82, 2.24) is 0 Å². The maximum absolute atomic E-state index is 5.59. The van der Waals surface area contributed by atoms with Gasteiger partial charge in [0.05, 0.1) is 19.1 Å². The normalized spacial score (nSPS) is 30.3. The smallest absolute Gasteiger partial charge is 0.182 e. The molecule has 2 heteroatoms. The van der Waals surface area contributed by atoms with Gasteiger partial charge in [0.15, 0.2) is 11.8 Å².